The van der Waals surface area contributed by atoms with E-state index >= 15 is 0 Å². The summed E-state index contributed by atoms with van der Waals surface area (Å²) >= 11 is 0. The molecule has 0 bridgehead atoms. The first-order valence-corrected chi connectivity index (χ1v) is 15.1. The van der Waals surface area contributed by atoms with Gasteiger partial charge in [-0.05, 0) is 107 Å². The molecule has 0 radical (unpaired) electrons. The molecule has 0 atom stereocenters. The van der Waals surface area contributed by atoms with Crippen molar-refractivity contribution >= 4 is 23.3 Å². The number of nitrogens with one attached hydrogen (secondary N) is 1. The highest BCUT2D eigenvalue weighted by molar-refractivity contribution is 6.12. The van der Waals surface area contributed by atoms with Crippen LogP contribution in [0.5, 0.6) is 0 Å². The van der Waals surface area contributed by atoms with E-state index in [-0.39, 0.29) is 23.8 Å². The Morgan fingerprint density at radius 1 is 0.923 bits per heavy atom. The highest BCUT2D eigenvalue weighted by atomic mass is 16.2. The number of carbonyl (C=O) groups excluding carboxylic acids is 2. The van der Waals surface area contributed by atoms with Crippen molar-refractivity contribution in [2.24, 2.45) is 16.8 Å². The van der Waals surface area contributed by atoms with Crippen molar-refractivity contribution in [3.8, 4) is 0 Å². The Morgan fingerprint density at radius 3 is 2.38 bits per heavy atom. The van der Waals surface area contributed by atoms with Crippen LogP contribution in [0, 0.1) is 18.8 Å². The van der Waals surface area contributed by atoms with Crippen molar-refractivity contribution in [2.75, 3.05) is 24.5 Å². The minimum absolute atomic E-state index is 0.0992. The van der Waals surface area contributed by atoms with Crippen LogP contribution >= 0.6 is 0 Å². The third kappa shape index (κ3) is 6.27. The number of amidine groups is 1. The number of rotatable bonds is 7. The second kappa shape index (κ2) is 11.6. The molecular formula is C33H42N4O2. The van der Waals surface area contributed by atoms with Crippen molar-refractivity contribution in [1.82, 2.24) is 10.2 Å². The van der Waals surface area contributed by atoms with Crippen LogP contribution in [0.4, 0.5) is 5.69 Å². The van der Waals surface area contributed by atoms with Crippen LogP contribution in [0.1, 0.15) is 84.8 Å². The average Bonchev–Trinajstić information content (AvgIpc) is 3.72. The van der Waals surface area contributed by atoms with E-state index < -0.39 is 0 Å². The minimum atomic E-state index is -0.176. The molecule has 2 saturated carbocycles. The highest BCUT2D eigenvalue weighted by Gasteiger charge is 2.36. The zero-order valence-corrected chi connectivity index (χ0v) is 23.3. The molecule has 6 nitrogen and oxygen atoms in total. The molecule has 2 aromatic carbocycles. The van der Waals surface area contributed by atoms with Gasteiger partial charge in [-0.15, -0.1) is 0 Å². The number of hydrogen-bond acceptors (Lipinski definition) is 3. The molecule has 39 heavy (non-hydrogen) atoms. The Morgan fingerprint density at radius 2 is 1.67 bits per heavy atom. The van der Waals surface area contributed by atoms with Gasteiger partial charge in [0, 0.05) is 42.7 Å². The SMILES string of the molecule is Cc1ccc(C(=O)N=C2Cc3ccc(CN4CCCCC4)cc3N2C2CCC(C(=O)NCC3CC3)CC2)cc1. The van der Waals surface area contributed by atoms with Crippen LogP contribution in [0.15, 0.2) is 47.5 Å². The number of amides is 2. The third-order valence-electron chi connectivity index (χ3n) is 9.11. The molecule has 0 spiro atoms. The molecule has 2 amide bonds. The van der Waals surface area contributed by atoms with Gasteiger partial charge in [0.1, 0.15) is 5.84 Å². The molecule has 1 N–H and O–H groups in total. The molecule has 6 rings (SSSR count). The number of aryl methyl sites for hydroxylation is 1. The predicted octanol–water partition coefficient (Wildman–Crippen LogP) is 5.67. The molecule has 0 aromatic heterocycles. The van der Waals surface area contributed by atoms with Crippen LogP contribution in [-0.4, -0.2) is 48.2 Å². The highest BCUT2D eigenvalue weighted by Crippen LogP contribution is 2.38. The van der Waals surface area contributed by atoms with Crippen molar-refractivity contribution in [1.29, 1.82) is 0 Å². The lowest BCUT2D eigenvalue weighted by atomic mass is 9.84. The molecule has 0 unspecified atom stereocenters. The monoisotopic (exact) mass is 526 g/mol. The van der Waals surface area contributed by atoms with Gasteiger partial charge in [0.2, 0.25) is 5.91 Å². The Bertz CT molecular complexity index is 1220. The summed E-state index contributed by atoms with van der Waals surface area (Å²) in [7, 11) is 0. The number of piperidine rings is 1. The lowest BCUT2D eigenvalue weighted by Crippen LogP contribution is -2.43. The first-order chi connectivity index (χ1) is 19.0. The summed E-state index contributed by atoms with van der Waals surface area (Å²) in [6, 6.07) is 14.8. The molecule has 2 heterocycles. The standard InChI is InChI=1S/C33H42N4O2/c1-23-5-10-27(11-6-23)33(39)35-31-20-28-12-9-25(22-36-17-3-2-4-18-36)19-30(28)37(31)29-15-13-26(14-16-29)32(38)34-21-24-7-8-24/h5-6,9-12,19,24,26,29H,2-4,7-8,13-18,20-22H2,1H3,(H,34,38). The van der Waals surface area contributed by atoms with Gasteiger partial charge in [0.05, 0.1) is 0 Å². The van der Waals surface area contributed by atoms with Gasteiger partial charge in [-0.2, -0.15) is 4.99 Å². The van der Waals surface area contributed by atoms with Gasteiger partial charge >= 0.3 is 0 Å². The molecule has 6 heteroatoms. The normalized spacial score (nSPS) is 24.5. The molecule has 2 aliphatic carbocycles. The van der Waals surface area contributed by atoms with Gasteiger partial charge in [-0.25, -0.2) is 0 Å². The van der Waals surface area contributed by atoms with E-state index in [1.54, 1.807) is 0 Å². The fourth-order valence-electron chi connectivity index (χ4n) is 6.54. The second-order valence-corrected chi connectivity index (χ2v) is 12.2. The van der Waals surface area contributed by atoms with Crippen molar-refractivity contribution in [3.05, 3.63) is 64.7 Å². The number of nitrogens with zero attached hydrogens (tertiary/aromatic N) is 3. The predicted molar refractivity (Wildman–Crippen MR) is 156 cm³/mol. The minimum Gasteiger partial charge on any atom is -0.356 e. The summed E-state index contributed by atoms with van der Waals surface area (Å²) in [5.74, 6) is 1.71. The van der Waals surface area contributed by atoms with Crippen LogP contribution < -0.4 is 10.2 Å². The Labute approximate surface area is 232 Å². The number of fused-ring (bicyclic) bond motifs is 1. The molecule has 1 saturated heterocycles. The van der Waals surface area contributed by atoms with E-state index in [1.807, 2.05) is 31.2 Å². The van der Waals surface area contributed by atoms with E-state index in [4.69, 9.17) is 4.99 Å². The lowest BCUT2D eigenvalue weighted by molar-refractivity contribution is -0.126. The van der Waals surface area contributed by atoms with Crippen molar-refractivity contribution in [2.45, 2.75) is 83.7 Å². The third-order valence-corrected chi connectivity index (χ3v) is 9.11. The number of benzene rings is 2. The van der Waals surface area contributed by atoms with Crippen LogP contribution in [0.25, 0.3) is 0 Å². The van der Waals surface area contributed by atoms with Crippen LogP contribution in [-0.2, 0) is 17.8 Å². The quantitative estimate of drug-likeness (QED) is 0.505. The van der Waals surface area contributed by atoms with Gasteiger partial charge in [0.15, 0.2) is 0 Å². The van der Waals surface area contributed by atoms with Gasteiger partial charge in [-0.3, -0.25) is 14.5 Å². The van der Waals surface area contributed by atoms with Crippen molar-refractivity contribution < 1.29 is 9.59 Å². The maximum Gasteiger partial charge on any atom is 0.278 e. The summed E-state index contributed by atoms with van der Waals surface area (Å²) in [5, 5.41) is 3.19. The van der Waals surface area contributed by atoms with E-state index in [2.05, 4.69) is 33.3 Å². The molecule has 3 fully saturated rings. The summed E-state index contributed by atoms with van der Waals surface area (Å²) in [4.78, 5) is 35.6. The molecule has 206 valence electrons. The molecular weight excluding hydrogens is 484 g/mol. The smallest absolute Gasteiger partial charge is 0.278 e. The van der Waals surface area contributed by atoms with Crippen LogP contribution in [0.2, 0.25) is 0 Å². The zero-order valence-electron chi connectivity index (χ0n) is 23.3. The number of aliphatic imine (C=N–C) groups is 1. The van der Waals surface area contributed by atoms with E-state index in [1.165, 1.54) is 62.0 Å². The van der Waals surface area contributed by atoms with Crippen molar-refractivity contribution in [3.63, 3.8) is 0 Å². The number of anilines is 1. The summed E-state index contributed by atoms with van der Waals surface area (Å²) in [5.41, 5.74) is 5.55. The largest absolute Gasteiger partial charge is 0.356 e. The van der Waals surface area contributed by atoms with Gasteiger partial charge < -0.3 is 10.2 Å². The van der Waals surface area contributed by atoms with E-state index in [0.29, 0.717) is 17.9 Å². The van der Waals surface area contributed by atoms with E-state index in [9.17, 15) is 9.59 Å². The van der Waals surface area contributed by atoms with E-state index in [0.717, 1.165) is 50.2 Å². The second-order valence-electron chi connectivity index (χ2n) is 12.2. The Hall–Kier alpha value is -2.99. The fourth-order valence-corrected chi connectivity index (χ4v) is 6.54. The molecule has 4 aliphatic rings. The number of likely N-dealkylation sites (tertiary alicyclic amines) is 1. The topological polar surface area (TPSA) is 65.0 Å². The fraction of sp³-hybridized carbons (Fsp3) is 0.545. The summed E-state index contributed by atoms with van der Waals surface area (Å²) in [6.45, 7) is 6.19. The molecule has 2 aliphatic heterocycles. The number of hydrogen-bond donors (Lipinski definition) is 1. The summed E-state index contributed by atoms with van der Waals surface area (Å²) in [6.07, 6.45) is 10.8. The Balaban J connectivity index is 1.22. The molecule has 2 aromatic rings. The van der Waals surface area contributed by atoms with Crippen LogP contribution in [0.3, 0.4) is 0 Å². The lowest BCUT2D eigenvalue weighted by Gasteiger charge is -2.36. The van der Waals surface area contributed by atoms with Gasteiger partial charge in [-0.1, -0.05) is 36.2 Å². The Kier molecular flexibility index (Phi) is 7.83. The zero-order chi connectivity index (χ0) is 26.8. The average molecular weight is 527 g/mol. The maximum absolute atomic E-state index is 13.2. The summed E-state index contributed by atoms with van der Waals surface area (Å²) < 4.78 is 0. The van der Waals surface area contributed by atoms with Gasteiger partial charge in [0.25, 0.3) is 5.91 Å². The number of carbonyl (C=O) groups is 2. The first-order valence-electron chi connectivity index (χ1n) is 15.1. The maximum atomic E-state index is 13.2. The first kappa shape index (κ1) is 26.2.